The van der Waals surface area contributed by atoms with E-state index >= 15 is 0 Å². The minimum Gasteiger partial charge on any atom is -0.316 e. The van der Waals surface area contributed by atoms with Gasteiger partial charge in [0.15, 0.2) is 0 Å². The predicted octanol–water partition coefficient (Wildman–Crippen LogP) is 1.42. The number of fused-ring (bicyclic) bond motifs is 1. The maximum Gasteiger partial charge on any atom is 0.0200 e. The van der Waals surface area contributed by atoms with Crippen LogP contribution in [-0.4, -0.2) is 47.6 Å². The molecule has 3 rings (SSSR count). The molecule has 3 aliphatic rings. The fraction of sp³-hybridized carbons (Fsp3) is 1.00. The first kappa shape index (κ1) is 10.4. The molecule has 1 N–H and O–H groups in total. The largest absolute Gasteiger partial charge is 0.316 e. The fourth-order valence-electron chi connectivity index (χ4n) is 3.84. The summed E-state index contributed by atoms with van der Waals surface area (Å²) in [6, 6.07) is 0.871. The van der Waals surface area contributed by atoms with Crippen molar-refractivity contribution in [3.8, 4) is 0 Å². The highest BCUT2D eigenvalue weighted by Crippen LogP contribution is 2.43. The first-order chi connectivity index (χ1) is 7.19. The number of rotatable bonds is 1. The lowest BCUT2D eigenvalue weighted by Gasteiger charge is -2.39. The standard InChI is InChI=1S/C12H22N2S/c1-12(2)11-6-13-5-9(11)7-14(12)10-3-4-15-8-10/h9-11,13H,3-8H2,1-2H3. The van der Waals surface area contributed by atoms with E-state index in [9.17, 15) is 0 Å². The molecule has 3 aliphatic heterocycles. The third kappa shape index (κ3) is 1.55. The predicted molar refractivity (Wildman–Crippen MR) is 66.4 cm³/mol. The molecular weight excluding hydrogens is 204 g/mol. The molecule has 3 fully saturated rings. The van der Waals surface area contributed by atoms with Crippen LogP contribution in [0.4, 0.5) is 0 Å². The van der Waals surface area contributed by atoms with Crippen LogP contribution in [0.1, 0.15) is 20.3 Å². The molecule has 2 nitrogen and oxygen atoms in total. The van der Waals surface area contributed by atoms with Crippen molar-refractivity contribution in [1.82, 2.24) is 10.2 Å². The second kappa shape index (κ2) is 3.64. The van der Waals surface area contributed by atoms with Crippen LogP contribution in [0.3, 0.4) is 0 Å². The lowest BCUT2D eigenvalue weighted by atomic mass is 9.84. The highest BCUT2D eigenvalue weighted by molar-refractivity contribution is 7.99. The van der Waals surface area contributed by atoms with Crippen LogP contribution in [0.2, 0.25) is 0 Å². The highest BCUT2D eigenvalue weighted by atomic mass is 32.2. The molecule has 15 heavy (non-hydrogen) atoms. The van der Waals surface area contributed by atoms with Gasteiger partial charge in [-0.15, -0.1) is 0 Å². The Kier molecular flexibility index (Phi) is 2.53. The Hall–Kier alpha value is 0.270. The van der Waals surface area contributed by atoms with Crippen molar-refractivity contribution in [2.45, 2.75) is 31.8 Å². The zero-order chi connectivity index (χ0) is 10.5. The summed E-state index contributed by atoms with van der Waals surface area (Å²) in [5.41, 5.74) is 0.434. The molecule has 0 aromatic carbocycles. The third-order valence-electron chi connectivity index (χ3n) is 4.77. The minimum absolute atomic E-state index is 0.434. The third-order valence-corrected chi connectivity index (χ3v) is 5.91. The van der Waals surface area contributed by atoms with Crippen LogP contribution in [0.15, 0.2) is 0 Å². The van der Waals surface area contributed by atoms with Crippen molar-refractivity contribution in [3.05, 3.63) is 0 Å². The van der Waals surface area contributed by atoms with Gasteiger partial charge >= 0.3 is 0 Å². The summed E-state index contributed by atoms with van der Waals surface area (Å²) in [5.74, 6) is 4.56. The topological polar surface area (TPSA) is 15.3 Å². The molecular formula is C12H22N2S. The first-order valence-electron chi connectivity index (χ1n) is 6.25. The van der Waals surface area contributed by atoms with E-state index in [1.807, 2.05) is 0 Å². The molecule has 0 amide bonds. The molecule has 86 valence electrons. The van der Waals surface area contributed by atoms with Gasteiger partial charge in [-0.1, -0.05) is 0 Å². The zero-order valence-corrected chi connectivity index (χ0v) is 10.6. The maximum absolute atomic E-state index is 3.56. The van der Waals surface area contributed by atoms with E-state index in [4.69, 9.17) is 0 Å². The lowest BCUT2D eigenvalue weighted by molar-refractivity contribution is 0.100. The van der Waals surface area contributed by atoms with Gasteiger partial charge in [0.25, 0.3) is 0 Å². The average Bonchev–Trinajstić information content (AvgIpc) is 2.86. The van der Waals surface area contributed by atoms with E-state index in [-0.39, 0.29) is 0 Å². The molecule has 0 saturated carbocycles. The van der Waals surface area contributed by atoms with Gasteiger partial charge in [0.2, 0.25) is 0 Å². The molecule has 3 heterocycles. The summed E-state index contributed by atoms with van der Waals surface area (Å²) < 4.78 is 0. The molecule has 0 aliphatic carbocycles. The van der Waals surface area contributed by atoms with Gasteiger partial charge < -0.3 is 5.32 Å². The summed E-state index contributed by atoms with van der Waals surface area (Å²) in [6.45, 7) is 8.77. The SMILES string of the molecule is CC1(C)C2CNCC2CN1C1CCSC1. The number of hydrogen-bond donors (Lipinski definition) is 1. The Labute approximate surface area is 97.2 Å². The lowest BCUT2D eigenvalue weighted by Crippen LogP contribution is -2.49. The highest BCUT2D eigenvalue weighted by Gasteiger charge is 2.51. The Balaban J connectivity index is 1.79. The molecule has 0 aromatic rings. The van der Waals surface area contributed by atoms with Crippen LogP contribution in [0.5, 0.6) is 0 Å². The number of hydrogen-bond acceptors (Lipinski definition) is 3. The summed E-state index contributed by atoms with van der Waals surface area (Å²) >= 11 is 2.14. The van der Waals surface area contributed by atoms with Gasteiger partial charge in [0, 0.05) is 30.4 Å². The Morgan fingerprint density at radius 2 is 2.20 bits per heavy atom. The molecule has 3 heteroatoms. The zero-order valence-electron chi connectivity index (χ0n) is 9.83. The molecule has 0 spiro atoms. The van der Waals surface area contributed by atoms with Crippen molar-refractivity contribution >= 4 is 11.8 Å². The van der Waals surface area contributed by atoms with E-state index in [2.05, 4.69) is 35.8 Å². The number of thioether (sulfide) groups is 1. The van der Waals surface area contributed by atoms with E-state index in [0.29, 0.717) is 5.54 Å². The maximum atomic E-state index is 3.56. The molecule has 0 radical (unpaired) electrons. The second-order valence-corrected chi connectivity index (χ2v) is 7.00. The Morgan fingerprint density at radius 1 is 1.33 bits per heavy atom. The number of nitrogens with one attached hydrogen (secondary N) is 1. The summed E-state index contributed by atoms with van der Waals surface area (Å²) in [4.78, 5) is 2.82. The van der Waals surface area contributed by atoms with Gasteiger partial charge in [-0.25, -0.2) is 0 Å². The summed E-state index contributed by atoms with van der Waals surface area (Å²) in [7, 11) is 0. The van der Waals surface area contributed by atoms with Gasteiger partial charge in [-0.05, 0) is 44.4 Å². The van der Waals surface area contributed by atoms with Crippen molar-refractivity contribution in [2.24, 2.45) is 11.8 Å². The number of nitrogens with zero attached hydrogens (tertiary/aromatic N) is 1. The van der Waals surface area contributed by atoms with Gasteiger partial charge in [0.1, 0.15) is 0 Å². The van der Waals surface area contributed by atoms with Crippen LogP contribution in [0.25, 0.3) is 0 Å². The molecule has 0 bridgehead atoms. The van der Waals surface area contributed by atoms with Crippen LogP contribution in [0, 0.1) is 11.8 Å². The van der Waals surface area contributed by atoms with E-state index < -0.39 is 0 Å². The van der Waals surface area contributed by atoms with Crippen molar-refractivity contribution in [2.75, 3.05) is 31.1 Å². The van der Waals surface area contributed by atoms with Crippen molar-refractivity contribution in [3.63, 3.8) is 0 Å². The number of likely N-dealkylation sites (tertiary alicyclic amines) is 1. The molecule has 3 saturated heterocycles. The van der Waals surface area contributed by atoms with E-state index in [1.54, 1.807) is 0 Å². The average molecular weight is 226 g/mol. The van der Waals surface area contributed by atoms with Crippen molar-refractivity contribution < 1.29 is 0 Å². The summed E-state index contributed by atoms with van der Waals surface area (Å²) in [5, 5.41) is 3.56. The van der Waals surface area contributed by atoms with Crippen LogP contribution < -0.4 is 5.32 Å². The van der Waals surface area contributed by atoms with Gasteiger partial charge in [-0.3, -0.25) is 4.90 Å². The quantitative estimate of drug-likeness (QED) is 0.728. The normalized spacial score (nSPS) is 44.8. The Bertz CT molecular complexity index is 248. The first-order valence-corrected chi connectivity index (χ1v) is 7.40. The van der Waals surface area contributed by atoms with Crippen molar-refractivity contribution in [1.29, 1.82) is 0 Å². The second-order valence-electron chi connectivity index (χ2n) is 5.85. The monoisotopic (exact) mass is 226 g/mol. The van der Waals surface area contributed by atoms with Gasteiger partial charge in [-0.2, -0.15) is 11.8 Å². The van der Waals surface area contributed by atoms with Crippen LogP contribution >= 0.6 is 11.8 Å². The van der Waals surface area contributed by atoms with E-state index in [1.165, 1.54) is 37.6 Å². The molecule has 3 unspecified atom stereocenters. The molecule has 0 aromatic heterocycles. The Morgan fingerprint density at radius 3 is 2.87 bits per heavy atom. The van der Waals surface area contributed by atoms with Crippen LogP contribution in [-0.2, 0) is 0 Å². The van der Waals surface area contributed by atoms with E-state index in [0.717, 1.165) is 17.9 Å². The fourth-order valence-corrected chi connectivity index (χ4v) is 5.06. The minimum atomic E-state index is 0.434. The summed E-state index contributed by atoms with van der Waals surface area (Å²) in [6.07, 6.45) is 1.42. The molecule has 3 atom stereocenters. The van der Waals surface area contributed by atoms with Gasteiger partial charge in [0.05, 0.1) is 0 Å². The smallest absolute Gasteiger partial charge is 0.0200 e.